The van der Waals surface area contributed by atoms with Crippen LogP contribution in [0.15, 0.2) is 24.4 Å². The molecule has 1 aliphatic heterocycles. The summed E-state index contributed by atoms with van der Waals surface area (Å²) in [5, 5.41) is 2.55. The molecule has 1 aliphatic rings. The Morgan fingerprint density at radius 1 is 1.33 bits per heavy atom. The summed E-state index contributed by atoms with van der Waals surface area (Å²) < 4.78 is 5.42. The first kappa shape index (κ1) is 18.0. The molecule has 0 bridgehead atoms. The van der Waals surface area contributed by atoms with E-state index in [0.717, 1.165) is 11.1 Å². The number of ether oxygens (including phenoxy) is 1. The molecular weight excluding hydrogens is 306 g/mol. The van der Waals surface area contributed by atoms with Gasteiger partial charge in [-0.05, 0) is 43.9 Å². The molecule has 0 saturated carbocycles. The fourth-order valence-electron chi connectivity index (χ4n) is 2.62. The summed E-state index contributed by atoms with van der Waals surface area (Å²) in [7, 11) is 1.58. The smallest absolute Gasteiger partial charge is 0.410 e. The van der Waals surface area contributed by atoms with Crippen LogP contribution in [0.4, 0.5) is 4.79 Å². The van der Waals surface area contributed by atoms with Crippen molar-refractivity contribution >= 4 is 17.6 Å². The minimum absolute atomic E-state index is 0.166. The topological polar surface area (TPSA) is 71.5 Å². The highest BCUT2D eigenvalue weighted by molar-refractivity contribution is 5.92. The van der Waals surface area contributed by atoms with Crippen LogP contribution >= 0.6 is 0 Å². The van der Waals surface area contributed by atoms with Gasteiger partial charge in [-0.25, -0.2) is 4.79 Å². The summed E-state index contributed by atoms with van der Waals surface area (Å²) in [6.45, 7) is 8.75. The lowest BCUT2D eigenvalue weighted by Gasteiger charge is -2.33. The fraction of sp³-hybridized carbons (Fsp3) is 0.500. The van der Waals surface area contributed by atoms with Crippen molar-refractivity contribution in [3.63, 3.8) is 0 Å². The highest BCUT2D eigenvalue weighted by Crippen LogP contribution is 2.28. The molecule has 0 saturated heterocycles. The van der Waals surface area contributed by atoms with E-state index in [-0.39, 0.29) is 17.9 Å². The van der Waals surface area contributed by atoms with Crippen molar-refractivity contribution in [1.29, 1.82) is 0 Å². The zero-order valence-corrected chi connectivity index (χ0v) is 14.9. The molecule has 0 spiro atoms. The van der Waals surface area contributed by atoms with E-state index in [4.69, 9.17) is 4.74 Å². The number of aromatic nitrogens is 1. The first-order chi connectivity index (χ1) is 11.2. The van der Waals surface area contributed by atoms with E-state index in [2.05, 4.69) is 17.2 Å². The van der Waals surface area contributed by atoms with Crippen LogP contribution in [0.5, 0.6) is 0 Å². The maximum absolute atomic E-state index is 12.2. The second kappa shape index (κ2) is 7.03. The number of carbonyl (C=O) groups excluding carboxylic acids is 2. The summed E-state index contributed by atoms with van der Waals surface area (Å²) in [6.07, 6.45) is 3.43. The number of pyridine rings is 1. The van der Waals surface area contributed by atoms with Crippen molar-refractivity contribution in [2.75, 3.05) is 20.1 Å². The molecule has 1 unspecified atom stereocenters. The fourth-order valence-corrected chi connectivity index (χ4v) is 2.62. The van der Waals surface area contributed by atoms with Gasteiger partial charge in [0.05, 0.1) is 0 Å². The Labute approximate surface area is 142 Å². The predicted octanol–water partition coefficient (Wildman–Crippen LogP) is 2.71. The average Bonchev–Trinajstić information content (AvgIpc) is 2.52. The Hall–Kier alpha value is -2.37. The highest BCUT2D eigenvalue weighted by atomic mass is 16.6. The molecule has 1 aromatic rings. The van der Waals surface area contributed by atoms with Gasteiger partial charge in [0.15, 0.2) is 0 Å². The molecule has 2 heterocycles. The van der Waals surface area contributed by atoms with Gasteiger partial charge in [0.1, 0.15) is 11.3 Å². The Kier molecular flexibility index (Phi) is 5.26. The van der Waals surface area contributed by atoms with Gasteiger partial charge in [0, 0.05) is 26.3 Å². The van der Waals surface area contributed by atoms with E-state index in [0.29, 0.717) is 18.8 Å². The number of nitrogens with one attached hydrogen (secondary N) is 1. The van der Waals surface area contributed by atoms with Crippen LogP contribution in [-0.4, -0.2) is 47.6 Å². The summed E-state index contributed by atoms with van der Waals surface area (Å²) in [5.41, 5.74) is 2.00. The first-order valence-electron chi connectivity index (χ1n) is 8.07. The standard InChI is InChI=1S/C18H25N3O3/c1-12-11-21(17(23)24-18(2,3)4)9-8-14(12)13-6-7-15(20-10-13)16(22)19-5/h6-8,10,12H,9,11H2,1-5H3,(H,19,22). The lowest BCUT2D eigenvalue weighted by Crippen LogP contribution is -2.41. The quantitative estimate of drug-likeness (QED) is 0.904. The van der Waals surface area contributed by atoms with Crippen LogP contribution in [0.1, 0.15) is 43.7 Å². The Balaban J connectivity index is 2.10. The van der Waals surface area contributed by atoms with E-state index < -0.39 is 5.60 Å². The molecule has 6 nitrogen and oxygen atoms in total. The zero-order valence-electron chi connectivity index (χ0n) is 14.9. The molecule has 130 valence electrons. The number of amides is 2. The molecule has 0 aliphatic carbocycles. The van der Waals surface area contributed by atoms with Crippen LogP contribution in [0.2, 0.25) is 0 Å². The van der Waals surface area contributed by atoms with Crippen molar-refractivity contribution in [1.82, 2.24) is 15.2 Å². The third-order valence-electron chi connectivity index (χ3n) is 3.76. The molecule has 1 atom stereocenters. The van der Waals surface area contributed by atoms with E-state index in [1.807, 2.05) is 32.9 Å². The maximum atomic E-state index is 12.2. The molecule has 24 heavy (non-hydrogen) atoms. The minimum atomic E-state index is -0.496. The number of hydrogen-bond donors (Lipinski definition) is 1. The molecule has 1 N–H and O–H groups in total. The molecule has 1 aromatic heterocycles. The lowest BCUT2D eigenvalue weighted by molar-refractivity contribution is 0.0251. The van der Waals surface area contributed by atoms with Crippen LogP contribution in [-0.2, 0) is 4.74 Å². The summed E-state index contributed by atoms with van der Waals surface area (Å²) in [6, 6.07) is 3.60. The van der Waals surface area contributed by atoms with Crippen molar-refractivity contribution < 1.29 is 14.3 Å². The summed E-state index contributed by atoms with van der Waals surface area (Å²) in [5.74, 6) is -0.0396. The number of hydrogen-bond acceptors (Lipinski definition) is 4. The monoisotopic (exact) mass is 331 g/mol. The van der Waals surface area contributed by atoms with E-state index >= 15 is 0 Å². The van der Waals surface area contributed by atoms with Gasteiger partial charge >= 0.3 is 6.09 Å². The third-order valence-corrected chi connectivity index (χ3v) is 3.76. The van der Waals surface area contributed by atoms with Gasteiger partial charge in [0.25, 0.3) is 5.91 Å². The van der Waals surface area contributed by atoms with E-state index in [1.54, 1.807) is 24.2 Å². The molecule has 2 amide bonds. The summed E-state index contributed by atoms with van der Waals surface area (Å²) >= 11 is 0. The molecule has 0 fully saturated rings. The molecular formula is C18H25N3O3. The van der Waals surface area contributed by atoms with Crippen molar-refractivity contribution in [2.24, 2.45) is 5.92 Å². The number of nitrogens with zero attached hydrogens (tertiary/aromatic N) is 2. The van der Waals surface area contributed by atoms with Crippen molar-refractivity contribution in [2.45, 2.75) is 33.3 Å². The van der Waals surface area contributed by atoms with Crippen LogP contribution in [0.25, 0.3) is 5.57 Å². The lowest BCUT2D eigenvalue weighted by atomic mass is 9.91. The molecule has 2 rings (SSSR count). The zero-order chi connectivity index (χ0) is 17.9. The minimum Gasteiger partial charge on any atom is -0.444 e. The Morgan fingerprint density at radius 2 is 2.04 bits per heavy atom. The van der Waals surface area contributed by atoms with Crippen molar-refractivity contribution in [3.05, 3.63) is 35.7 Å². The predicted molar refractivity (Wildman–Crippen MR) is 92.6 cm³/mol. The number of rotatable bonds is 2. The van der Waals surface area contributed by atoms with Gasteiger partial charge in [-0.3, -0.25) is 9.78 Å². The SMILES string of the molecule is CNC(=O)c1ccc(C2=CCN(C(=O)OC(C)(C)C)CC2C)cn1. The average molecular weight is 331 g/mol. The number of carbonyl (C=O) groups is 2. The molecule has 6 heteroatoms. The molecule has 0 aromatic carbocycles. The summed E-state index contributed by atoms with van der Waals surface area (Å²) in [4.78, 5) is 29.6. The largest absolute Gasteiger partial charge is 0.444 e. The Morgan fingerprint density at radius 3 is 2.54 bits per heavy atom. The van der Waals surface area contributed by atoms with E-state index in [9.17, 15) is 9.59 Å². The first-order valence-corrected chi connectivity index (χ1v) is 8.07. The van der Waals surface area contributed by atoms with Gasteiger partial charge in [-0.15, -0.1) is 0 Å². The maximum Gasteiger partial charge on any atom is 0.410 e. The van der Waals surface area contributed by atoms with Crippen LogP contribution in [0.3, 0.4) is 0 Å². The normalized spacial score (nSPS) is 18.0. The second-order valence-electron chi connectivity index (χ2n) is 6.96. The van der Waals surface area contributed by atoms with Gasteiger partial charge in [-0.2, -0.15) is 0 Å². The van der Waals surface area contributed by atoms with Crippen LogP contribution in [0, 0.1) is 5.92 Å². The van der Waals surface area contributed by atoms with Gasteiger partial charge in [-0.1, -0.05) is 19.1 Å². The van der Waals surface area contributed by atoms with E-state index in [1.165, 1.54) is 0 Å². The Bertz CT molecular complexity index is 644. The highest BCUT2D eigenvalue weighted by Gasteiger charge is 2.27. The van der Waals surface area contributed by atoms with Crippen LogP contribution < -0.4 is 5.32 Å². The van der Waals surface area contributed by atoms with Gasteiger partial charge in [0.2, 0.25) is 0 Å². The second-order valence-corrected chi connectivity index (χ2v) is 6.96. The van der Waals surface area contributed by atoms with Crippen molar-refractivity contribution in [3.8, 4) is 0 Å². The van der Waals surface area contributed by atoms with Gasteiger partial charge < -0.3 is 15.0 Å². The third kappa shape index (κ3) is 4.34. The molecule has 0 radical (unpaired) electrons.